The number of H-pyrrole nitrogens is 1. The number of hydrogen-bond donors (Lipinski definition) is 3. The SMILES string of the molecule is OC1CCC(c2cc(Nc3ccc4c(c3F)CS(=S)C4)n[nH]2)C1. The molecule has 3 unspecified atom stereocenters. The summed E-state index contributed by atoms with van der Waals surface area (Å²) in [6, 6.07) is 5.63. The van der Waals surface area contributed by atoms with Crippen LogP contribution < -0.4 is 5.32 Å². The lowest BCUT2D eigenvalue weighted by Gasteiger charge is -2.08. The fourth-order valence-corrected chi connectivity index (χ4v) is 5.51. The number of rotatable bonds is 3. The van der Waals surface area contributed by atoms with Crippen molar-refractivity contribution in [2.75, 3.05) is 5.32 Å². The fraction of sp³-hybridized carbons (Fsp3) is 0.438. The second-order valence-electron chi connectivity index (χ2n) is 6.29. The van der Waals surface area contributed by atoms with E-state index in [0.29, 0.717) is 23.2 Å². The first-order valence-corrected chi connectivity index (χ1v) is 10.2. The maximum atomic E-state index is 14.6. The van der Waals surface area contributed by atoms with Gasteiger partial charge in [-0.05, 0) is 30.9 Å². The molecule has 0 radical (unpaired) electrons. The van der Waals surface area contributed by atoms with Crippen molar-refractivity contribution in [3.8, 4) is 0 Å². The van der Waals surface area contributed by atoms with E-state index in [1.165, 1.54) is 0 Å². The van der Waals surface area contributed by atoms with Gasteiger partial charge < -0.3 is 10.4 Å². The zero-order chi connectivity index (χ0) is 16.0. The minimum atomic E-state index is -0.221. The van der Waals surface area contributed by atoms with Gasteiger partial charge in [0.25, 0.3) is 0 Å². The van der Waals surface area contributed by atoms with E-state index in [2.05, 4.69) is 15.5 Å². The van der Waals surface area contributed by atoms with Crippen LogP contribution in [-0.2, 0) is 32.1 Å². The molecule has 23 heavy (non-hydrogen) atoms. The molecule has 0 bridgehead atoms. The zero-order valence-electron chi connectivity index (χ0n) is 12.5. The van der Waals surface area contributed by atoms with Crippen LogP contribution in [0.4, 0.5) is 15.9 Å². The predicted molar refractivity (Wildman–Crippen MR) is 93.0 cm³/mol. The average Bonchev–Trinajstić information content (AvgIpc) is 3.21. The first kappa shape index (κ1) is 15.2. The summed E-state index contributed by atoms with van der Waals surface area (Å²) in [7, 11) is -0.165. The Kier molecular flexibility index (Phi) is 3.95. The average molecular weight is 351 g/mol. The quantitative estimate of drug-likeness (QED) is 0.796. The smallest absolute Gasteiger partial charge is 0.152 e. The Bertz CT molecular complexity index is 777. The van der Waals surface area contributed by atoms with E-state index < -0.39 is 0 Å². The summed E-state index contributed by atoms with van der Waals surface area (Å²) < 4.78 is 14.6. The summed E-state index contributed by atoms with van der Waals surface area (Å²) in [5.74, 6) is 2.16. The minimum absolute atomic E-state index is 0.165. The second kappa shape index (κ2) is 5.96. The van der Waals surface area contributed by atoms with Crippen LogP contribution in [0.15, 0.2) is 18.2 Å². The molecule has 2 aromatic rings. The van der Waals surface area contributed by atoms with Crippen LogP contribution in [-0.4, -0.2) is 21.4 Å². The van der Waals surface area contributed by atoms with Crippen LogP contribution in [0.3, 0.4) is 0 Å². The molecule has 3 N–H and O–H groups in total. The van der Waals surface area contributed by atoms with E-state index in [9.17, 15) is 9.50 Å². The minimum Gasteiger partial charge on any atom is -0.393 e. The van der Waals surface area contributed by atoms with Crippen molar-refractivity contribution in [1.29, 1.82) is 0 Å². The summed E-state index contributed by atoms with van der Waals surface area (Å²) in [6.07, 6.45) is 2.32. The first-order chi connectivity index (χ1) is 11.1. The molecule has 2 aliphatic rings. The monoisotopic (exact) mass is 351 g/mol. The molecule has 0 spiro atoms. The number of hydrogen-bond acceptors (Lipinski definition) is 4. The topological polar surface area (TPSA) is 60.9 Å². The molecule has 0 amide bonds. The molecular weight excluding hydrogens is 333 g/mol. The lowest BCUT2D eigenvalue weighted by molar-refractivity contribution is 0.181. The predicted octanol–water partition coefficient (Wildman–Crippen LogP) is 3.01. The number of fused-ring (bicyclic) bond motifs is 1. The summed E-state index contributed by atoms with van der Waals surface area (Å²) in [4.78, 5) is 0. The van der Waals surface area contributed by atoms with E-state index in [1.54, 1.807) is 6.07 Å². The van der Waals surface area contributed by atoms with Gasteiger partial charge in [-0.3, -0.25) is 5.10 Å². The van der Waals surface area contributed by atoms with E-state index in [-0.39, 0.29) is 21.4 Å². The molecular formula is C16H18FN3OS2. The van der Waals surface area contributed by atoms with Crippen LogP contribution in [0.2, 0.25) is 0 Å². The van der Waals surface area contributed by atoms with Crippen molar-refractivity contribution in [3.63, 3.8) is 0 Å². The van der Waals surface area contributed by atoms with Crippen LogP contribution in [0.25, 0.3) is 0 Å². The lowest BCUT2D eigenvalue weighted by Crippen LogP contribution is -1.99. The maximum Gasteiger partial charge on any atom is 0.152 e. The van der Waals surface area contributed by atoms with Gasteiger partial charge in [-0.2, -0.15) is 5.10 Å². The van der Waals surface area contributed by atoms with Crippen molar-refractivity contribution in [2.45, 2.75) is 42.8 Å². The Balaban J connectivity index is 1.54. The van der Waals surface area contributed by atoms with E-state index in [1.807, 2.05) is 12.1 Å². The molecule has 2 heterocycles. The molecule has 0 saturated heterocycles. The molecule has 122 valence electrons. The Morgan fingerprint density at radius 2 is 2.22 bits per heavy atom. The first-order valence-electron chi connectivity index (χ1n) is 7.76. The van der Waals surface area contributed by atoms with Crippen LogP contribution in [0.1, 0.15) is 42.0 Å². The number of nitrogens with zero attached hydrogens (tertiary/aromatic N) is 1. The Morgan fingerprint density at radius 3 is 3.00 bits per heavy atom. The number of nitrogens with one attached hydrogen (secondary N) is 2. The third-order valence-electron chi connectivity index (χ3n) is 4.67. The molecule has 4 nitrogen and oxygen atoms in total. The van der Waals surface area contributed by atoms with Crippen molar-refractivity contribution in [3.05, 3.63) is 40.8 Å². The number of benzene rings is 1. The number of aromatic nitrogens is 2. The van der Waals surface area contributed by atoms with Gasteiger partial charge in [0, 0.05) is 34.7 Å². The van der Waals surface area contributed by atoms with Gasteiger partial charge in [-0.1, -0.05) is 17.3 Å². The van der Waals surface area contributed by atoms with E-state index in [4.69, 9.17) is 11.2 Å². The third kappa shape index (κ3) is 2.93. The second-order valence-corrected chi connectivity index (χ2v) is 9.16. The highest BCUT2D eigenvalue weighted by Gasteiger charge is 2.26. The molecule has 7 heteroatoms. The number of anilines is 2. The van der Waals surface area contributed by atoms with E-state index in [0.717, 1.165) is 41.8 Å². The van der Waals surface area contributed by atoms with Gasteiger partial charge in [0.15, 0.2) is 11.6 Å². The molecule has 1 fully saturated rings. The van der Waals surface area contributed by atoms with Gasteiger partial charge in [0.2, 0.25) is 0 Å². The van der Waals surface area contributed by atoms with Gasteiger partial charge in [-0.25, -0.2) is 4.39 Å². The van der Waals surface area contributed by atoms with Crippen molar-refractivity contribution in [2.24, 2.45) is 0 Å². The molecule has 1 aromatic carbocycles. The standard InChI is InChI=1S/C16H18FN3OS2/c17-16-12-8-23(22)7-10(12)2-4-13(16)18-15-6-14(19-20-15)9-1-3-11(21)5-9/h2,4,6,9,11,21H,1,3,5,7-8H2,(H2,18,19,20). The highest BCUT2D eigenvalue weighted by molar-refractivity contribution is 8.28. The van der Waals surface area contributed by atoms with Crippen molar-refractivity contribution in [1.82, 2.24) is 10.2 Å². The highest BCUT2D eigenvalue weighted by atomic mass is 32.8. The van der Waals surface area contributed by atoms with Gasteiger partial charge in [0.05, 0.1) is 11.8 Å². The highest BCUT2D eigenvalue weighted by Crippen LogP contribution is 2.35. The molecule has 1 aliphatic carbocycles. The summed E-state index contributed by atoms with van der Waals surface area (Å²) in [5, 5.41) is 19.9. The molecule has 3 atom stereocenters. The van der Waals surface area contributed by atoms with E-state index >= 15 is 0 Å². The summed E-state index contributed by atoms with van der Waals surface area (Å²) in [6.45, 7) is 0. The Hall–Kier alpha value is -1.31. The Morgan fingerprint density at radius 1 is 1.35 bits per heavy atom. The Labute approximate surface area is 141 Å². The molecule has 1 saturated carbocycles. The molecule has 1 aromatic heterocycles. The van der Waals surface area contributed by atoms with Crippen LogP contribution in [0, 0.1) is 5.82 Å². The van der Waals surface area contributed by atoms with Gasteiger partial charge in [0.1, 0.15) is 0 Å². The largest absolute Gasteiger partial charge is 0.393 e. The summed E-state index contributed by atoms with van der Waals surface area (Å²) >= 11 is 5.32. The zero-order valence-corrected chi connectivity index (χ0v) is 14.1. The van der Waals surface area contributed by atoms with Crippen molar-refractivity contribution < 1.29 is 9.50 Å². The van der Waals surface area contributed by atoms with Gasteiger partial charge >= 0.3 is 0 Å². The number of halogens is 1. The lowest BCUT2D eigenvalue weighted by atomic mass is 10.0. The molecule has 1 aliphatic heterocycles. The third-order valence-corrected chi connectivity index (χ3v) is 6.62. The fourth-order valence-electron chi connectivity index (χ4n) is 3.42. The number of aromatic amines is 1. The van der Waals surface area contributed by atoms with Crippen LogP contribution >= 0.6 is 0 Å². The summed E-state index contributed by atoms with van der Waals surface area (Å²) in [5.41, 5.74) is 3.23. The number of aliphatic hydroxyl groups is 1. The van der Waals surface area contributed by atoms with Crippen LogP contribution in [0.5, 0.6) is 0 Å². The molecule has 4 rings (SSSR count). The van der Waals surface area contributed by atoms with Crippen molar-refractivity contribution >= 4 is 32.1 Å². The normalized spacial score (nSPS) is 26.4. The van der Waals surface area contributed by atoms with Gasteiger partial charge in [-0.15, -0.1) is 9.45 Å². The maximum absolute atomic E-state index is 14.6. The number of aliphatic hydroxyl groups excluding tert-OH is 1.